The van der Waals surface area contributed by atoms with E-state index in [0.29, 0.717) is 5.75 Å². The molecule has 0 aliphatic carbocycles. The number of ether oxygens (including phenoxy) is 2. The Kier molecular flexibility index (Phi) is 7.71. The Morgan fingerprint density at radius 3 is 2.03 bits per heavy atom. The normalized spacial score (nSPS) is 11.1. The highest BCUT2D eigenvalue weighted by atomic mass is 32.2. The number of carbonyl (C=O) groups excluding carboxylic acids is 1. The highest BCUT2D eigenvalue weighted by Gasteiger charge is 2.29. The van der Waals surface area contributed by atoms with E-state index >= 15 is 0 Å². The van der Waals surface area contributed by atoms with Gasteiger partial charge in [-0.05, 0) is 60.0 Å². The molecule has 0 atom stereocenters. The molecule has 0 N–H and O–H groups in total. The number of esters is 1. The van der Waals surface area contributed by atoms with E-state index in [9.17, 15) is 13.2 Å². The number of anilines is 1. The van der Waals surface area contributed by atoms with Gasteiger partial charge >= 0.3 is 5.97 Å². The second-order valence-electron chi connectivity index (χ2n) is 8.26. The summed E-state index contributed by atoms with van der Waals surface area (Å²) in [5, 5.41) is 0. The van der Waals surface area contributed by atoms with Crippen molar-refractivity contribution in [3.8, 4) is 5.75 Å². The van der Waals surface area contributed by atoms with E-state index in [2.05, 4.69) is 0 Å². The predicted molar refractivity (Wildman–Crippen MR) is 140 cm³/mol. The van der Waals surface area contributed by atoms with Gasteiger partial charge in [0.15, 0.2) is 0 Å². The van der Waals surface area contributed by atoms with E-state index in [1.54, 1.807) is 30.3 Å². The lowest BCUT2D eigenvalue weighted by Gasteiger charge is -2.27. The van der Waals surface area contributed by atoms with Crippen molar-refractivity contribution >= 4 is 21.7 Å². The van der Waals surface area contributed by atoms with Crippen LogP contribution >= 0.6 is 0 Å². The minimum atomic E-state index is -4.05. The second kappa shape index (κ2) is 11.1. The first-order chi connectivity index (χ1) is 17.4. The lowest BCUT2D eigenvalue weighted by molar-refractivity contribution is 0.0473. The molecular formula is C29H27NO5S. The standard InChI is InChI=1S/C29H27NO5S/c1-22-13-18-27(29(31)35-21-24-11-7-4-8-12-24)28(19-22)30(20-23-9-5-3-6-10-23)36(32,33)26-16-14-25(34-2)15-17-26/h3-19H,20-21H2,1-2H3. The summed E-state index contributed by atoms with van der Waals surface area (Å²) < 4.78 is 39.9. The summed E-state index contributed by atoms with van der Waals surface area (Å²) in [6.07, 6.45) is 0. The van der Waals surface area contributed by atoms with Gasteiger partial charge in [0.05, 0.1) is 29.8 Å². The van der Waals surface area contributed by atoms with Crippen LogP contribution in [-0.2, 0) is 27.9 Å². The van der Waals surface area contributed by atoms with Crippen LogP contribution in [0.25, 0.3) is 0 Å². The number of nitrogens with zero attached hydrogens (tertiary/aromatic N) is 1. The van der Waals surface area contributed by atoms with Gasteiger partial charge in [-0.15, -0.1) is 0 Å². The number of benzene rings is 4. The molecule has 0 aliphatic heterocycles. The Hall–Kier alpha value is -4.10. The van der Waals surface area contributed by atoms with Gasteiger partial charge in [-0.3, -0.25) is 4.31 Å². The van der Waals surface area contributed by atoms with Crippen molar-refractivity contribution in [2.45, 2.75) is 25.0 Å². The maximum atomic E-state index is 13.9. The Labute approximate surface area is 211 Å². The van der Waals surface area contributed by atoms with Crippen molar-refractivity contribution in [3.05, 3.63) is 125 Å². The minimum Gasteiger partial charge on any atom is -0.497 e. The first-order valence-electron chi connectivity index (χ1n) is 11.4. The molecule has 0 heterocycles. The van der Waals surface area contributed by atoms with Gasteiger partial charge in [0, 0.05) is 0 Å². The first-order valence-corrected chi connectivity index (χ1v) is 12.8. The number of rotatable bonds is 9. The van der Waals surface area contributed by atoms with Crippen LogP contribution in [0.2, 0.25) is 0 Å². The molecule has 0 radical (unpaired) electrons. The Balaban J connectivity index is 1.76. The lowest BCUT2D eigenvalue weighted by Crippen LogP contribution is -2.32. The van der Waals surface area contributed by atoms with Crippen molar-refractivity contribution in [3.63, 3.8) is 0 Å². The molecule has 4 rings (SSSR count). The Bertz CT molecular complexity index is 1420. The highest BCUT2D eigenvalue weighted by Crippen LogP contribution is 2.31. The SMILES string of the molecule is COc1ccc(S(=O)(=O)N(Cc2ccccc2)c2cc(C)ccc2C(=O)OCc2ccccc2)cc1. The number of sulfonamides is 1. The molecule has 0 saturated carbocycles. The van der Waals surface area contributed by atoms with E-state index in [-0.39, 0.29) is 29.3 Å². The highest BCUT2D eigenvalue weighted by molar-refractivity contribution is 7.92. The molecule has 0 spiro atoms. The maximum absolute atomic E-state index is 13.9. The molecule has 0 aromatic heterocycles. The van der Waals surface area contributed by atoms with Crippen molar-refractivity contribution in [2.75, 3.05) is 11.4 Å². The van der Waals surface area contributed by atoms with Crippen LogP contribution in [0.4, 0.5) is 5.69 Å². The smallest absolute Gasteiger partial charge is 0.340 e. The van der Waals surface area contributed by atoms with Crippen molar-refractivity contribution in [1.29, 1.82) is 0 Å². The zero-order chi connectivity index (χ0) is 25.5. The van der Waals surface area contributed by atoms with Crippen LogP contribution in [-0.4, -0.2) is 21.5 Å². The molecule has 7 heteroatoms. The van der Waals surface area contributed by atoms with Crippen LogP contribution in [0.1, 0.15) is 27.0 Å². The largest absolute Gasteiger partial charge is 0.497 e. The van der Waals surface area contributed by atoms with Crippen molar-refractivity contribution < 1.29 is 22.7 Å². The van der Waals surface area contributed by atoms with Gasteiger partial charge in [-0.2, -0.15) is 0 Å². The second-order valence-corrected chi connectivity index (χ2v) is 10.1. The molecule has 184 valence electrons. The summed E-state index contributed by atoms with van der Waals surface area (Å²) in [4.78, 5) is 13.3. The average Bonchev–Trinajstić information content (AvgIpc) is 2.91. The van der Waals surface area contributed by atoms with Gasteiger partial charge in [0.2, 0.25) is 0 Å². The number of hydrogen-bond donors (Lipinski definition) is 0. The first kappa shape index (κ1) is 25.0. The average molecular weight is 502 g/mol. The Morgan fingerprint density at radius 2 is 1.42 bits per heavy atom. The fourth-order valence-corrected chi connectivity index (χ4v) is 5.21. The van der Waals surface area contributed by atoms with E-state index in [1.807, 2.05) is 67.6 Å². The van der Waals surface area contributed by atoms with Gasteiger partial charge in [0.1, 0.15) is 12.4 Å². The molecule has 0 saturated heterocycles. The zero-order valence-electron chi connectivity index (χ0n) is 20.1. The molecule has 4 aromatic carbocycles. The van der Waals surface area contributed by atoms with E-state index < -0.39 is 16.0 Å². The monoisotopic (exact) mass is 501 g/mol. The van der Waals surface area contributed by atoms with Gasteiger partial charge in [-0.1, -0.05) is 66.7 Å². The number of carbonyl (C=O) groups is 1. The topological polar surface area (TPSA) is 72.9 Å². The zero-order valence-corrected chi connectivity index (χ0v) is 20.9. The lowest BCUT2D eigenvalue weighted by atomic mass is 10.1. The molecule has 0 amide bonds. The molecule has 0 bridgehead atoms. The summed E-state index contributed by atoms with van der Waals surface area (Å²) in [5.41, 5.74) is 2.86. The van der Waals surface area contributed by atoms with Crippen molar-refractivity contribution in [2.24, 2.45) is 0 Å². The summed E-state index contributed by atoms with van der Waals surface area (Å²) in [6, 6.07) is 29.8. The number of methoxy groups -OCH3 is 1. The van der Waals surface area contributed by atoms with Crippen LogP contribution < -0.4 is 9.04 Å². The van der Waals surface area contributed by atoms with Gasteiger partial charge < -0.3 is 9.47 Å². The number of aryl methyl sites for hydroxylation is 1. The molecule has 4 aromatic rings. The van der Waals surface area contributed by atoms with Crippen LogP contribution in [0.5, 0.6) is 5.75 Å². The quantitative estimate of drug-likeness (QED) is 0.273. The third kappa shape index (κ3) is 5.75. The summed E-state index contributed by atoms with van der Waals surface area (Å²) in [5.74, 6) is -0.0545. The number of hydrogen-bond acceptors (Lipinski definition) is 5. The van der Waals surface area contributed by atoms with Crippen LogP contribution in [0.3, 0.4) is 0 Å². The third-order valence-electron chi connectivity index (χ3n) is 5.67. The van der Waals surface area contributed by atoms with E-state index in [0.717, 1.165) is 16.7 Å². The molecular weight excluding hydrogens is 474 g/mol. The van der Waals surface area contributed by atoms with Gasteiger partial charge in [0.25, 0.3) is 10.0 Å². The fraction of sp³-hybridized carbons (Fsp3) is 0.138. The van der Waals surface area contributed by atoms with E-state index in [1.165, 1.54) is 23.5 Å². The summed E-state index contributed by atoms with van der Waals surface area (Å²) in [7, 11) is -2.53. The summed E-state index contributed by atoms with van der Waals surface area (Å²) in [6.45, 7) is 1.97. The summed E-state index contributed by atoms with van der Waals surface area (Å²) >= 11 is 0. The van der Waals surface area contributed by atoms with Crippen LogP contribution in [0.15, 0.2) is 108 Å². The molecule has 36 heavy (non-hydrogen) atoms. The maximum Gasteiger partial charge on any atom is 0.340 e. The third-order valence-corrected chi connectivity index (χ3v) is 7.44. The van der Waals surface area contributed by atoms with Crippen molar-refractivity contribution in [1.82, 2.24) is 0 Å². The minimum absolute atomic E-state index is 0.0393. The Morgan fingerprint density at radius 1 is 0.806 bits per heavy atom. The van der Waals surface area contributed by atoms with Crippen LogP contribution in [0, 0.1) is 6.92 Å². The van der Waals surface area contributed by atoms with Gasteiger partial charge in [-0.25, -0.2) is 13.2 Å². The fourth-order valence-electron chi connectivity index (χ4n) is 3.75. The predicted octanol–water partition coefficient (Wildman–Crippen LogP) is 5.76. The molecule has 0 aliphatic rings. The molecule has 0 unspecified atom stereocenters. The molecule has 6 nitrogen and oxygen atoms in total. The molecule has 0 fully saturated rings. The van der Waals surface area contributed by atoms with E-state index in [4.69, 9.17) is 9.47 Å².